The number of aromatic nitrogens is 2. The van der Waals surface area contributed by atoms with Gasteiger partial charge in [-0.1, -0.05) is 15.9 Å². The van der Waals surface area contributed by atoms with E-state index in [2.05, 4.69) is 36.8 Å². The number of hydrogen-bond acceptors (Lipinski definition) is 7. The monoisotopic (exact) mass is 431 g/mol. The fourth-order valence-electron chi connectivity index (χ4n) is 4.02. The van der Waals surface area contributed by atoms with Crippen LogP contribution in [0.25, 0.3) is 0 Å². The Morgan fingerprint density at radius 1 is 1.07 bits per heavy atom. The summed E-state index contributed by atoms with van der Waals surface area (Å²) in [5, 5.41) is 0. The van der Waals surface area contributed by atoms with Crippen molar-refractivity contribution in [3.8, 4) is 11.5 Å². The maximum atomic E-state index is 6.26. The normalized spacial score (nSPS) is 18.8. The Hall–Kier alpha value is -2.06. The van der Waals surface area contributed by atoms with Gasteiger partial charge in [-0.25, -0.2) is 4.98 Å². The predicted molar refractivity (Wildman–Crippen MR) is 106 cm³/mol. The maximum Gasteiger partial charge on any atom is 0.231 e. The second-order valence-corrected chi connectivity index (χ2v) is 8.14. The van der Waals surface area contributed by atoms with E-state index in [0.717, 1.165) is 72.3 Å². The van der Waals surface area contributed by atoms with Gasteiger partial charge in [-0.3, -0.25) is 4.90 Å². The van der Waals surface area contributed by atoms with Gasteiger partial charge in [-0.2, -0.15) is 4.98 Å². The molecule has 1 aromatic heterocycles. The highest BCUT2D eigenvalue weighted by molar-refractivity contribution is 9.10. The summed E-state index contributed by atoms with van der Waals surface area (Å²) in [5.74, 6) is 3.04. The Balaban J connectivity index is 1.38. The van der Waals surface area contributed by atoms with E-state index in [-0.39, 0.29) is 6.79 Å². The molecule has 0 unspecified atom stereocenters. The van der Waals surface area contributed by atoms with Crippen LogP contribution in [-0.2, 0) is 19.5 Å². The van der Waals surface area contributed by atoms with Crippen LogP contribution in [-0.4, -0.2) is 41.3 Å². The van der Waals surface area contributed by atoms with Crippen molar-refractivity contribution < 1.29 is 9.47 Å². The lowest BCUT2D eigenvalue weighted by Crippen LogP contribution is -2.33. The molecule has 1 saturated heterocycles. The van der Waals surface area contributed by atoms with E-state index in [0.29, 0.717) is 5.82 Å². The van der Waals surface area contributed by atoms with Crippen molar-refractivity contribution in [3.63, 3.8) is 0 Å². The standard InChI is InChI=1S/C19H22BrN5O2/c20-14-8-17-16(26-11-27-17)7-12(14)9-24-6-3-13-15(10-24)22-19(23-18(13)21)25-4-1-2-5-25/h7-8H,1-6,9-11H2,(H2,21,22,23). The average molecular weight is 432 g/mol. The van der Waals surface area contributed by atoms with E-state index < -0.39 is 0 Å². The van der Waals surface area contributed by atoms with Crippen molar-refractivity contribution in [1.29, 1.82) is 0 Å². The number of benzene rings is 1. The van der Waals surface area contributed by atoms with Gasteiger partial charge in [0.2, 0.25) is 12.7 Å². The highest BCUT2D eigenvalue weighted by atomic mass is 79.9. The first-order chi connectivity index (χ1) is 13.2. The molecule has 0 aliphatic carbocycles. The van der Waals surface area contributed by atoms with Gasteiger partial charge in [-0.15, -0.1) is 0 Å². The van der Waals surface area contributed by atoms with E-state index in [1.807, 2.05) is 6.07 Å². The molecule has 3 aliphatic heterocycles. The van der Waals surface area contributed by atoms with E-state index in [4.69, 9.17) is 20.2 Å². The van der Waals surface area contributed by atoms with Crippen LogP contribution >= 0.6 is 15.9 Å². The summed E-state index contributed by atoms with van der Waals surface area (Å²) in [6.45, 7) is 4.86. The number of nitrogens with zero attached hydrogens (tertiary/aromatic N) is 4. The molecule has 2 N–H and O–H groups in total. The van der Waals surface area contributed by atoms with Gasteiger partial charge >= 0.3 is 0 Å². The average Bonchev–Trinajstić information content (AvgIpc) is 3.33. The van der Waals surface area contributed by atoms with Crippen LogP contribution < -0.4 is 20.1 Å². The molecule has 4 heterocycles. The quantitative estimate of drug-likeness (QED) is 0.799. The van der Waals surface area contributed by atoms with Crippen molar-refractivity contribution >= 4 is 27.7 Å². The lowest BCUT2D eigenvalue weighted by Gasteiger charge is -2.30. The van der Waals surface area contributed by atoms with Crippen molar-refractivity contribution in [1.82, 2.24) is 14.9 Å². The summed E-state index contributed by atoms with van der Waals surface area (Å²) in [6, 6.07) is 4.05. The Morgan fingerprint density at radius 3 is 2.67 bits per heavy atom. The number of nitrogens with two attached hydrogens (primary N) is 1. The largest absolute Gasteiger partial charge is 0.454 e. The molecule has 0 radical (unpaired) electrons. The minimum absolute atomic E-state index is 0.289. The molecular formula is C19H22BrN5O2. The van der Waals surface area contributed by atoms with Crippen LogP contribution in [0.3, 0.4) is 0 Å². The van der Waals surface area contributed by atoms with Gasteiger partial charge < -0.3 is 20.1 Å². The van der Waals surface area contributed by atoms with E-state index in [1.165, 1.54) is 18.4 Å². The van der Waals surface area contributed by atoms with Gasteiger partial charge in [-0.05, 0) is 37.0 Å². The van der Waals surface area contributed by atoms with Crippen molar-refractivity contribution in [2.75, 3.05) is 37.1 Å². The predicted octanol–water partition coefficient (Wildman–Crippen LogP) is 2.71. The van der Waals surface area contributed by atoms with Crippen LogP contribution in [0, 0.1) is 0 Å². The summed E-state index contributed by atoms with van der Waals surface area (Å²) in [7, 11) is 0. The Morgan fingerprint density at radius 2 is 1.85 bits per heavy atom. The Bertz CT molecular complexity index is 885. The number of ether oxygens (including phenoxy) is 2. The first kappa shape index (κ1) is 17.1. The fourth-order valence-corrected chi connectivity index (χ4v) is 4.46. The minimum atomic E-state index is 0.289. The first-order valence-electron chi connectivity index (χ1n) is 9.38. The third-order valence-corrected chi connectivity index (χ3v) is 6.23. The lowest BCUT2D eigenvalue weighted by atomic mass is 10.0. The third kappa shape index (κ3) is 3.21. The summed E-state index contributed by atoms with van der Waals surface area (Å²) in [6.07, 6.45) is 3.28. The number of hydrogen-bond donors (Lipinski definition) is 1. The smallest absolute Gasteiger partial charge is 0.231 e. The molecule has 0 saturated carbocycles. The SMILES string of the molecule is Nc1nc(N2CCCC2)nc2c1CCN(Cc1cc3c(cc1Br)OCO3)C2. The maximum absolute atomic E-state index is 6.26. The topological polar surface area (TPSA) is 76.7 Å². The summed E-state index contributed by atoms with van der Waals surface area (Å²) in [5.41, 5.74) is 9.62. The van der Waals surface area contributed by atoms with Gasteiger partial charge in [0.25, 0.3) is 0 Å². The molecule has 5 rings (SSSR count). The van der Waals surface area contributed by atoms with Crippen LogP contribution in [0.15, 0.2) is 16.6 Å². The van der Waals surface area contributed by atoms with E-state index >= 15 is 0 Å². The van der Waals surface area contributed by atoms with E-state index in [1.54, 1.807) is 0 Å². The van der Waals surface area contributed by atoms with Gasteiger partial charge in [0.15, 0.2) is 11.5 Å². The Kier molecular flexibility index (Phi) is 4.32. The minimum Gasteiger partial charge on any atom is -0.454 e. The van der Waals surface area contributed by atoms with Gasteiger partial charge in [0.1, 0.15) is 5.82 Å². The number of anilines is 2. The molecule has 0 spiro atoms. The molecule has 0 amide bonds. The number of rotatable bonds is 3. The first-order valence-corrected chi connectivity index (χ1v) is 10.2. The molecule has 0 bridgehead atoms. The Labute approximate surface area is 166 Å². The highest BCUT2D eigenvalue weighted by Crippen LogP contribution is 2.38. The number of nitrogen functional groups attached to an aromatic ring is 1. The molecule has 27 heavy (non-hydrogen) atoms. The van der Waals surface area contributed by atoms with Crippen LogP contribution in [0.5, 0.6) is 11.5 Å². The zero-order valence-corrected chi connectivity index (χ0v) is 16.7. The van der Waals surface area contributed by atoms with Crippen LogP contribution in [0.4, 0.5) is 11.8 Å². The van der Waals surface area contributed by atoms with Crippen molar-refractivity contribution in [2.24, 2.45) is 0 Å². The van der Waals surface area contributed by atoms with Gasteiger partial charge in [0, 0.05) is 42.8 Å². The zero-order valence-electron chi connectivity index (χ0n) is 15.1. The molecule has 142 valence electrons. The molecular weight excluding hydrogens is 410 g/mol. The number of halogens is 1. The fraction of sp³-hybridized carbons (Fsp3) is 0.474. The summed E-state index contributed by atoms with van der Waals surface area (Å²) >= 11 is 3.66. The molecule has 7 nitrogen and oxygen atoms in total. The van der Waals surface area contributed by atoms with E-state index in [9.17, 15) is 0 Å². The summed E-state index contributed by atoms with van der Waals surface area (Å²) in [4.78, 5) is 14.1. The van der Waals surface area contributed by atoms with Crippen molar-refractivity contribution in [3.05, 3.63) is 33.4 Å². The molecule has 1 fully saturated rings. The lowest BCUT2D eigenvalue weighted by molar-refractivity contribution is 0.174. The van der Waals surface area contributed by atoms with Crippen LogP contribution in [0.1, 0.15) is 29.7 Å². The second-order valence-electron chi connectivity index (χ2n) is 7.29. The second kappa shape index (κ2) is 6.83. The molecule has 3 aliphatic rings. The van der Waals surface area contributed by atoms with Crippen LogP contribution in [0.2, 0.25) is 0 Å². The number of fused-ring (bicyclic) bond motifs is 2. The third-order valence-electron chi connectivity index (χ3n) is 5.49. The molecule has 0 atom stereocenters. The zero-order chi connectivity index (χ0) is 18.4. The summed E-state index contributed by atoms with van der Waals surface area (Å²) < 4.78 is 12.0. The van der Waals surface area contributed by atoms with Crippen molar-refractivity contribution in [2.45, 2.75) is 32.4 Å². The molecule has 2 aromatic rings. The molecule has 1 aromatic carbocycles. The highest BCUT2D eigenvalue weighted by Gasteiger charge is 2.25. The van der Waals surface area contributed by atoms with Gasteiger partial charge in [0.05, 0.1) is 5.69 Å². The molecule has 8 heteroatoms.